The Kier molecular flexibility index (Phi) is 4.67. The molecule has 4 rings (SSSR count). The molecule has 0 spiro atoms. The summed E-state index contributed by atoms with van der Waals surface area (Å²) in [6.45, 7) is 5.12. The smallest absolute Gasteiger partial charge is 0.272 e. The van der Waals surface area contributed by atoms with Crippen LogP contribution in [0, 0.1) is 12.8 Å². The summed E-state index contributed by atoms with van der Waals surface area (Å²) in [4.78, 5) is 32.6. The fourth-order valence-corrected chi connectivity index (χ4v) is 4.05. The van der Waals surface area contributed by atoms with Crippen LogP contribution in [0.25, 0.3) is 0 Å². The molecule has 0 radical (unpaired) electrons. The van der Waals surface area contributed by atoms with Crippen molar-refractivity contribution in [3.05, 3.63) is 57.1 Å². The average molecular weight is 402 g/mol. The molecule has 1 amide bonds. The van der Waals surface area contributed by atoms with Gasteiger partial charge in [-0.15, -0.1) is 0 Å². The second-order valence-electron chi connectivity index (χ2n) is 8.17. The largest absolute Gasteiger partial charge is 0.356 e. The number of aryl methyl sites for hydroxylation is 1. The highest BCUT2D eigenvalue weighted by molar-refractivity contribution is 5.77. The quantitative estimate of drug-likeness (QED) is 0.789. The van der Waals surface area contributed by atoms with Crippen LogP contribution in [-0.4, -0.2) is 33.4 Å². The van der Waals surface area contributed by atoms with E-state index in [0.29, 0.717) is 38.4 Å². The van der Waals surface area contributed by atoms with E-state index in [1.165, 1.54) is 12.3 Å². The van der Waals surface area contributed by atoms with Gasteiger partial charge in [0.25, 0.3) is 11.5 Å². The monoisotopic (exact) mass is 402 g/mol. The van der Waals surface area contributed by atoms with E-state index in [2.05, 4.69) is 4.98 Å². The molecule has 2 aromatic rings. The second kappa shape index (κ2) is 6.93. The molecule has 29 heavy (non-hydrogen) atoms. The highest BCUT2D eigenvalue weighted by Crippen LogP contribution is 2.31. The number of anilines is 1. The number of alkyl halides is 2. The van der Waals surface area contributed by atoms with Gasteiger partial charge in [-0.1, -0.05) is 0 Å². The van der Waals surface area contributed by atoms with E-state index in [1.807, 2.05) is 11.8 Å². The maximum absolute atomic E-state index is 13.3. The molecule has 0 unspecified atom stereocenters. The van der Waals surface area contributed by atoms with Crippen molar-refractivity contribution in [2.75, 3.05) is 18.0 Å². The first-order chi connectivity index (χ1) is 13.6. The number of fused-ring (bicyclic) bond motifs is 1. The van der Waals surface area contributed by atoms with Crippen LogP contribution >= 0.6 is 0 Å². The Morgan fingerprint density at radius 2 is 2.00 bits per heavy atom. The van der Waals surface area contributed by atoms with E-state index in [0.717, 1.165) is 23.7 Å². The lowest BCUT2D eigenvalue weighted by atomic mass is 9.95. The molecule has 2 aliphatic rings. The fourth-order valence-electron chi connectivity index (χ4n) is 4.05. The van der Waals surface area contributed by atoms with Gasteiger partial charge < -0.3 is 14.4 Å². The lowest BCUT2D eigenvalue weighted by molar-refractivity contribution is -0.133. The van der Waals surface area contributed by atoms with Gasteiger partial charge in [0.1, 0.15) is 5.82 Å². The Balaban J connectivity index is 1.33. The zero-order valence-corrected chi connectivity index (χ0v) is 16.8. The zero-order chi connectivity index (χ0) is 20.9. The molecule has 8 heteroatoms. The van der Waals surface area contributed by atoms with E-state index in [1.54, 1.807) is 28.6 Å². The lowest BCUT2D eigenvalue weighted by Gasteiger charge is -2.40. The summed E-state index contributed by atoms with van der Waals surface area (Å²) < 4.78 is 28.2. The van der Waals surface area contributed by atoms with Crippen molar-refractivity contribution in [1.29, 1.82) is 0 Å². The van der Waals surface area contributed by atoms with Gasteiger partial charge in [0, 0.05) is 69.5 Å². The summed E-state index contributed by atoms with van der Waals surface area (Å²) in [5.41, 5.74) is 2.75. The number of pyridine rings is 2. The van der Waals surface area contributed by atoms with Crippen molar-refractivity contribution in [3.63, 3.8) is 0 Å². The summed E-state index contributed by atoms with van der Waals surface area (Å²) in [5, 5.41) is 0. The molecule has 154 valence electrons. The third kappa shape index (κ3) is 3.63. The van der Waals surface area contributed by atoms with Gasteiger partial charge in [-0.2, -0.15) is 0 Å². The van der Waals surface area contributed by atoms with Gasteiger partial charge in [0.05, 0.1) is 6.54 Å². The van der Waals surface area contributed by atoms with Crippen LogP contribution in [0.1, 0.15) is 35.7 Å². The molecule has 0 saturated carbocycles. The van der Waals surface area contributed by atoms with Crippen LogP contribution in [0.15, 0.2) is 29.2 Å². The number of carbonyl (C=O) groups excluding carboxylic acids is 1. The van der Waals surface area contributed by atoms with Gasteiger partial charge in [0.2, 0.25) is 5.91 Å². The average Bonchev–Trinajstić information content (AvgIpc) is 3.08. The van der Waals surface area contributed by atoms with Crippen molar-refractivity contribution in [1.82, 2.24) is 14.5 Å². The molecular weight excluding hydrogens is 378 g/mol. The number of amides is 1. The Labute approximate surface area is 167 Å². The van der Waals surface area contributed by atoms with Gasteiger partial charge in [-0.3, -0.25) is 9.59 Å². The minimum absolute atomic E-state index is 0.0514. The van der Waals surface area contributed by atoms with Crippen molar-refractivity contribution in [2.24, 2.45) is 13.0 Å². The van der Waals surface area contributed by atoms with E-state index >= 15 is 0 Å². The second-order valence-corrected chi connectivity index (χ2v) is 8.17. The Morgan fingerprint density at radius 1 is 1.28 bits per heavy atom. The molecule has 0 aromatic carbocycles. The first-order valence-electron chi connectivity index (χ1n) is 9.69. The van der Waals surface area contributed by atoms with Crippen LogP contribution in [0.3, 0.4) is 0 Å². The fraction of sp³-hybridized carbons (Fsp3) is 0.476. The molecule has 4 heterocycles. The molecule has 0 bridgehead atoms. The Morgan fingerprint density at radius 3 is 2.62 bits per heavy atom. The standard InChI is InChI=1S/C21H24F2N4O2/c1-13-6-19(28)25(3)17-12-27(11-16(13)17)20(29)7-14-9-26(10-14)18-5-4-15(8-24-18)21(2,22)23/h4-6,8,14H,7,9-12H2,1-3H3. The summed E-state index contributed by atoms with van der Waals surface area (Å²) in [7, 11) is 1.74. The van der Waals surface area contributed by atoms with Gasteiger partial charge >= 0.3 is 0 Å². The highest BCUT2D eigenvalue weighted by atomic mass is 19.3. The third-order valence-corrected chi connectivity index (χ3v) is 5.94. The van der Waals surface area contributed by atoms with E-state index in [9.17, 15) is 18.4 Å². The minimum Gasteiger partial charge on any atom is -0.356 e. The number of halogens is 2. The van der Waals surface area contributed by atoms with Crippen molar-refractivity contribution >= 4 is 11.7 Å². The predicted molar refractivity (Wildman–Crippen MR) is 105 cm³/mol. The van der Waals surface area contributed by atoms with Crippen LogP contribution in [0.4, 0.5) is 14.6 Å². The highest BCUT2D eigenvalue weighted by Gasteiger charge is 2.34. The molecule has 2 aliphatic heterocycles. The molecule has 1 saturated heterocycles. The molecule has 6 nitrogen and oxygen atoms in total. The predicted octanol–water partition coefficient (Wildman–Crippen LogP) is 2.57. The Bertz CT molecular complexity index is 1010. The van der Waals surface area contributed by atoms with Crippen molar-refractivity contribution in [3.8, 4) is 0 Å². The number of aromatic nitrogens is 2. The Hall–Kier alpha value is -2.77. The topological polar surface area (TPSA) is 58.4 Å². The third-order valence-electron chi connectivity index (χ3n) is 5.94. The molecule has 2 aromatic heterocycles. The maximum atomic E-state index is 13.3. The van der Waals surface area contributed by atoms with Crippen LogP contribution in [0.2, 0.25) is 0 Å². The number of carbonyl (C=O) groups is 1. The normalized spacial score (nSPS) is 16.7. The van der Waals surface area contributed by atoms with E-state index in [4.69, 9.17) is 0 Å². The summed E-state index contributed by atoms with van der Waals surface area (Å²) >= 11 is 0. The number of hydrogen-bond acceptors (Lipinski definition) is 4. The number of hydrogen-bond donors (Lipinski definition) is 0. The molecule has 0 aliphatic carbocycles. The van der Waals surface area contributed by atoms with Gasteiger partial charge in [-0.05, 0) is 30.2 Å². The first kappa shape index (κ1) is 19.5. The zero-order valence-electron chi connectivity index (χ0n) is 16.8. The SMILES string of the molecule is Cc1cc(=O)n(C)c2c1CN(C(=O)CC1CN(c3ccc(C(C)(F)F)cn3)C1)C2. The summed E-state index contributed by atoms with van der Waals surface area (Å²) in [6.07, 6.45) is 1.64. The molecule has 0 atom stereocenters. The van der Waals surface area contributed by atoms with Crippen LogP contribution in [0.5, 0.6) is 0 Å². The van der Waals surface area contributed by atoms with Crippen molar-refractivity contribution in [2.45, 2.75) is 39.3 Å². The van der Waals surface area contributed by atoms with E-state index in [-0.39, 0.29) is 22.9 Å². The number of nitrogens with zero attached hydrogens (tertiary/aromatic N) is 4. The van der Waals surface area contributed by atoms with Crippen LogP contribution in [-0.2, 0) is 30.9 Å². The number of rotatable bonds is 4. The van der Waals surface area contributed by atoms with Gasteiger partial charge in [-0.25, -0.2) is 13.8 Å². The van der Waals surface area contributed by atoms with Crippen LogP contribution < -0.4 is 10.5 Å². The van der Waals surface area contributed by atoms with Gasteiger partial charge in [0.15, 0.2) is 0 Å². The summed E-state index contributed by atoms with van der Waals surface area (Å²) in [6, 6.07) is 4.61. The maximum Gasteiger partial charge on any atom is 0.272 e. The van der Waals surface area contributed by atoms with E-state index < -0.39 is 5.92 Å². The first-order valence-corrected chi connectivity index (χ1v) is 9.69. The van der Waals surface area contributed by atoms with Crippen molar-refractivity contribution < 1.29 is 13.6 Å². The minimum atomic E-state index is -2.90. The molecular formula is C21H24F2N4O2. The lowest BCUT2D eigenvalue weighted by Crippen LogP contribution is -2.49. The summed E-state index contributed by atoms with van der Waals surface area (Å²) in [5.74, 6) is -1.96. The molecule has 1 fully saturated rings. The molecule has 0 N–H and O–H groups in total.